The van der Waals surface area contributed by atoms with Crippen LogP contribution >= 0.6 is 0 Å². The van der Waals surface area contributed by atoms with Gasteiger partial charge in [0.15, 0.2) is 0 Å². The minimum Gasteiger partial charge on any atom is -0.308 e. The minimum absolute atomic E-state index is 0.212. The van der Waals surface area contributed by atoms with Crippen molar-refractivity contribution in [2.75, 3.05) is 0 Å². The molecule has 104 valence electrons. The average Bonchev–Trinajstić information content (AvgIpc) is 2.82. The molecule has 2 aromatic carbocycles. The Kier molecular flexibility index (Phi) is 3.60. The monoisotopic (exact) mass is 280 g/mol. The van der Waals surface area contributed by atoms with Gasteiger partial charge in [-0.25, -0.2) is 9.38 Å². The molecular weight excluding hydrogens is 267 g/mol. The molecule has 2 aromatic rings. The zero-order valence-corrected chi connectivity index (χ0v) is 11.2. The Morgan fingerprint density at radius 2 is 1.76 bits per heavy atom. The molecule has 1 N–H and O–H groups in total. The van der Waals surface area contributed by atoms with Crippen LogP contribution < -0.4 is 5.32 Å². The van der Waals surface area contributed by atoms with Crippen LogP contribution in [0.5, 0.6) is 0 Å². The van der Waals surface area contributed by atoms with Crippen LogP contribution in [0.3, 0.4) is 0 Å². The molecule has 0 radical (unpaired) electrons. The molecule has 3 nitrogen and oxygen atoms in total. The summed E-state index contributed by atoms with van der Waals surface area (Å²) >= 11 is 0. The number of carbonyl (C=O) groups excluding carboxylic acids is 1. The van der Waals surface area contributed by atoms with E-state index < -0.39 is 0 Å². The normalized spacial score (nSPS) is 16.0. The van der Waals surface area contributed by atoms with Gasteiger partial charge < -0.3 is 5.32 Å². The van der Waals surface area contributed by atoms with Crippen LogP contribution in [0.4, 0.5) is 4.39 Å². The summed E-state index contributed by atoms with van der Waals surface area (Å²) < 4.78 is 12.9. The van der Waals surface area contributed by atoms with E-state index in [2.05, 4.69) is 10.3 Å². The molecule has 0 bridgehead atoms. The van der Waals surface area contributed by atoms with Crippen molar-refractivity contribution in [3.63, 3.8) is 0 Å². The lowest BCUT2D eigenvalue weighted by Crippen LogP contribution is -2.25. The highest BCUT2D eigenvalue weighted by Crippen LogP contribution is 2.14. The van der Waals surface area contributed by atoms with Crippen molar-refractivity contribution >= 4 is 17.8 Å². The molecule has 0 unspecified atom stereocenters. The van der Waals surface area contributed by atoms with Gasteiger partial charge in [0, 0.05) is 6.42 Å². The molecule has 3 rings (SSSR count). The predicted octanol–water partition coefficient (Wildman–Crippen LogP) is 2.94. The van der Waals surface area contributed by atoms with E-state index in [4.69, 9.17) is 0 Å². The van der Waals surface area contributed by atoms with Crippen LogP contribution in [0.25, 0.3) is 6.08 Å². The van der Waals surface area contributed by atoms with Crippen LogP contribution in [0, 0.1) is 5.82 Å². The maximum Gasteiger partial charge on any atom is 0.275 e. The number of amides is 1. The summed E-state index contributed by atoms with van der Waals surface area (Å²) in [7, 11) is 0. The van der Waals surface area contributed by atoms with Crippen LogP contribution in [-0.4, -0.2) is 11.7 Å². The number of carbonyl (C=O) groups is 1. The molecule has 1 heterocycles. The fourth-order valence-corrected chi connectivity index (χ4v) is 2.10. The zero-order valence-electron chi connectivity index (χ0n) is 11.2. The zero-order chi connectivity index (χ0) is 14.7. The van der Waals surface area contributed by atoms with Crippen LogP contribution in [0.2, 0.25) is 0 Å². The minimum atomic E-state index is -0.277. The maximum atomic E-state index is 12.9. The average molecular weight is 280 g/mol. The van der Waals surface area contributed by atoms with Crippen LogP contribution in [0.1, 0.15) is 11.1 Å². The molecule has 0 saturated carbocycles. The molecule has 0 spiro atoms. The number of benzene rings is 2. The summed E-state index contributed by atoms with van der Waals surface area (Å²) in [5.41, 5.74) is 2.21. The maximum absolute atomic E-state index is 12.9. The lowest BCUT2D eigenvalue weighted by molar-refractivity contribution is -0.115. The van der Waals surface area contributed by atoms with E-state index in [9.17, 15) is 9.18 Å². The van der Waals surface area contributed by atoms with Gasteiger partial charge in [-0.05, 0) is 29.3 Å². The number of nitrogens with zero attached hydrogens (tertiary/aromatic N) is 1. The SMILES string of the molecule is O=C1NC(Cc2ccc(F)cc2)=N/C1=C/c1ccccc1. The molecule has 0 saturated heterocycles. The first-order chi connectivity index (χ1) is 10.2. The Morgan fingerprint density at radius 3 is 2.48 bits per heavy atom. The molecule has 0 atom stereocenters. The lowest BCUT2D eigenvalue weighted by atomic mass is 10.1. The quantitative estimate of drug-likeness (QED) is 0.863. The van der Waals surface area contributed by atoms with Crippen molar-refractivity contribution in [3.8, 4) is 0 Å². The summed E-state index contributed by atoms with van der Waals surface area (Å²) in [6.07, 6.45) is 2.21. The fourth-order valence-electron chi connectivity index (χ4n) is 2.10. The molecule has 21 heavy (non-hydrogen) atoms. The first kappa shape index (κ1) is 13.2. The summed E-state index contributed by atoms with van der Waals surface area (Å²) in [6.45, 7) is 0. The van der Waals surface area contributed by atoms with Gasteiger partial charge in [0.05, 0.1) is 0 Å². The van der Waals surface area contributed by atoms with Crippen molar-refractivity contribution in [1.29, 1.82) is 0 Å². The fraction of sp³-hybridized carbons (Fsp3) is 0.0588. The van der Waals surface area contributed by atoms with Crippen molar-refractivity contribution in [3.05, 3.63) is 77.2 Å². The Bertz CT molecular complexity index is 718. The van der Waals surface area contributed by atoms with Crippen molar-refractivity contribution < 1.29 is 9.18 Å². The standard InChI is InChI=1S/C17H13FN2O/c18-14-8-6-13(7-9-14)11-16-19-15(17(21)20-16)10-12-4-2-1-3-5-12/h1-10H,11H2,(H,19,20,21)/b15-10+. The van der Waals surface area contributed by atoms with Crippen molar-refractivity contribution in [1.82, 2.24) is 5.32 Å². The summed E-state index contributed by atoms with van der Waals surface area (Å²) in [6, 6.07) is 15.7. The molecule has 1 aliphatic heterocycles. The Balaban J connectivity index is 1.79. The second-order valence-electron chi connectivity index (χ2n) is 4.76. The van der Waals surface area contributed by atoms with E-state index in [0.717, 1.165) is 11.1 Å². The van der Waals surface area contributed by atoms with Gasteiger partial charge in [0.2, 0.25) is 0 Å². The van der Waals surface area contributed by atoms with E-state index in [1.54, 1.807) is 18.2 Å². The highest BCUT2D eigenvalue weighted by atomic mass is 19.1. The molecule has 0 aromatic heterocycles. The van der Waals surface area contributed by atoms with Crippen molar-refractivity contribution in [2.45, 2.75) is 6.42 Å². The largest absolute Gasteiger partial charge is 0.308 e. The van der Waals surface area contributed by atoms with Crippen LogP contribution in [0.15, 0.2) is 65.3 Å². The molecular formula is C17H13FN2O. The predicted molar refractivity (Wildman–Crippen MR) is 80.1 cm³/mol. The summed E-state index contributed by atoms with van der Waals surface area (Å²) in [5.74, 6) is 0.0885. The number of hydrogen-bond acceptors (Lipinski definition) is 2. The molecule has 0 fully saturated rings. The van der Waals surface area contributed by atoms with Crippen LogP contribution in [-0.2, 0) is 11.2 Å². The Labute approximate surface area is 121 Å². The van der Waals surface area contributed by atoms with Gasteiger partial charge in [0.25, 0.3) is 5.91 Å². The number of amidine groups is 1. The topological polar surface area (TPSA) is 41.5 Å². The Morgan fingerprint density at radius 1 is 1.05 bits per heavy atom. The first-order valence-corrected chi connectivity index (χ1v) is 6.61. The van der Waals surface area contributed by atoms with Gasteiger partial charge >= 0.3 is 0 Å². The molecule has 4 heteroatoms. The van der Waals surface area contributed by atoms with Gasteiger partial charge in [-0.1, -0.05) is 42.5 Å². The lowest BCUT2D eigenvalue weighted by Gasteiger charge is -2.00. The van der Waals surface area contributed by atoms with E-state index in [1.807, 2.05) is 30.3 Å². The third-order valence-corrected chi connectivity index (χ3v) is 3.13. The van der Waals surface area contributed by atoms with Gasteiger partial charge in [-0.2, -0.15) is 0 Å². The Hall–Kier alpha value is -2.75. The third kappa shape index (κ3) is 3.23. The number of aliphatic imine (C=N–C) groups is 1. The van der Waals surface area contributed by atoms with Gasteiger partial charge in [-0.15, -0.1) is 0 Å². The molecule has 0 aliphatic carbocycles. The number of nitrogens with one attached hydrogen (secondary N) is 1. The third-order valence-electron chi connectivity index (χ3n) is 3.13. The van der Waals surface area contributed by atoms with Gasteiger partial charge in [0.1, 0.15) is 17.3 Å². The summed E-state index contributed by atoms with van der Waals surface area (Å²) in [5, 5.41) is 2.74. The highest BCUT2D eigenvalue weighted by Gasteiger charge is 2.19. The number of halogens is 1. The molecule has 1 amide bonds. The van der Waals surface area contributed by atoms with E-state index in [-0.39, 0.29) is 11.7 Å². The smallest absolute Gasteiger partial charge is 0.275 e. The van der Waals surface area contributed by atoms with Gasteiger partial charge in [-0.3, -0.25) is 4.79 Å². The second-order valence-corrected chi connectivity index (χ2v) is 4.76. The number of hydrogen-bond donors (Lipinski definition) is 1. The second kappa shape index (κ2) is 5.71. The number of rotatable bonds is 3. The molecule has 1 aliphatic rings. The highest BCUT2D eigenvalue weighted by molar-refractivity contribution is 6.14. The van der Waals surface area contributed by atoms with E-state index in [0.29, 0.717) is 18.0 Å². The van der Waals surface area contributed by atoms with E-state index >= 15 is 0 Å². The van der Waals surface area contributed by atoms with Crippen molar-refractivity contribution in [2.24, 2.45) is 4.99 Å². The van der Waals surface area contributed by atoms with E-state index in [1.165, 1.54) is 12.1 Å². The first-order valence-electron chi connectivity index (χ1n) is 6.61. The summed E-state index contributed by atoms with van der Waals surface area (Å²) in [4.78, 5) is 16.2.